The van der Waals surface area contributed by atoms with Crippen molar-refractivity contribution in [1.82, 2.24) is 5.32 Å². The van der Waals surface area contributed by atoms with Gasteiger partial charge in [-0.2, -0.15) is 0 Å². The highest BCUT2D eigenvalue weighted by molar-refractivity contribution is 5.33. The van der Waals surface area contributed by atoms with E-state index in [4.69, 9.17) is 9.47 Å². The second-order valence-electron chi connectivity index (χ2n) is 4.89. The highest BCUT2D eigenvalue weighted by Crippen LogP contribution is 2.30. The predicted octanol–water partition coefficient (Wildman–Crippen LogP) is 2.67. The molecule has 0 aromatic heterocycles. The Hall–Kier alpha value is -1.13. The summed E-state index contributed by atoms with van der Waals surface area (Å²) in [5.41, 5.74) is 0.821. The van der Waals surface area contributed by atoms with Gasteiger partial charge < -0.3 is 14.8 Å². The van der Waals surface area contributed by atoms with Crippen molar-refractivity contribution in [1.29, 1.82) is 0 Å². The molecular weight excluding hydrogens is 245 g/mol. The van der Waals surface area contributed by atoms with Crippen LogP contribution in [0.1, 0.15) is 25.8 Å². The molecule has 0 aliphatic heterocycles. The molecule has 4 heteroatoms. The maximum atomic E-state index is 13.1. The molecule has 106 valence electrons. The van der Waals surface area contributed by atoms with Crippen LogP contribution in [-0.4, -0.2) is 31.4 Å². The van der Waals surface area contributed by atoms with Crippen molar-refractivity contribution in [3.8, 4) is 5.75 Å². The van der Waals surface area contributed by atoms with Crippen LogP contribution in [0.3, 0.4) is 0 Å². The second kappa shape index (κ2) is 6.35. The average Bonchev–Trinajstić information content (AvgIpc) is 2.37. The van der Waals surface area contributed by atoms with Crippen LogP contribution in [0.2, 0.25) is 0 Å². The molecule has 0 radical (unpaired) electrons. The van der Waals surface area contributed by atoms with Crippen LogP contribution in [0, 0.1) is 12.7 Å². The number of hydrogen-bond acceptors (Lipinski definition) is 3. The molecule has 0 saturated heterocycles. The number of aryl methyl sites for hydroxylation is 1. The number of nitrogens with one attached hydrogen (secondary N) is 1. The van der Waals surface area contributed by atoms with Crippen LogP contribution < -0.4 is 10.1 Å². The van der Waals surface area contributed by atoms with Crippen molar-refractivity contribution < 1.29 is 13.9 Å². The van der Waals surface area contributed by atoms with E-state index >= 15 is 0 Å². The van der Waals surface area contributed by atoms with Gasteiger partial charge in [0, 0.05) is 19.1 Å². The van der Waals surface area contributed by atoms with Crippen molar-refractivity contribution >= 4 is 0 Å². The molecule has 1 aromatic carbocycles. The second-order valence-corrected chi connectivity index (χ2v) is 4.89. The number of halogens is 1. The Labute approximate surface area is 114 Å². The van der Waals surface area contributed by atoms with Gasteiger partial charge >= 0.3 is 0 Å². The van der Waals surface area contributed by atoms with Crippen molar-refractivity contribution in [2.45, 2.75) is 45.4 Å². The van der Waals surface area contributed by atoms with Gasteiger partial charge in [0.1, 0.15) is 23.8 Å². The lowest BCUT2D eigenvalue weighted by molar-refractivity contribution is -0.104. The van der Waals surface area contributed by atoms with Gasteiger partial charge in [0.05, 0.1) is 0 Å². The first kappa shape index (κ1) is 14.3. The summed E-state index contributed by atoms with van der Waals surface area (Å²) in [6.07, 6.45) is 1.05. The van der Waals surface area contributed by atoms with E-state index < -0.39 is 0 Å². The summed E-state index contributed by atoms with van der Waals surface area (Å²) in [6, 6.07) is 4.97. The monoisotopic (exact) mass is 267 g/mol. The summed E-state index contributed by atoms with van der Waals surface area (Å²) >= 11 is 0. The number of likely N-dealkylation sites (N-methyl/N-ethyl adjacent to an activating group) is 1. The maximum absolute atomic E-state index is 13.1. The van der Waals surface area contributed by atoms with Gasteiger partial charge in [-0.25, -0.2) is 4.39 Å². The van der Waals surface area contributed by atoms with Crippen LogP contribution in [0.25, 0.3) is 0 Å². The van der Waals surface area contributed by atoms with E-state index in [1.54, 1.807) is 6.07 Å². The van der Waals surface area contributed by atoms with Crippen molar-refractivity contribution in [3.63, 3.8) is 0 Å². The van der Waals surface area contributed by atoms with Crippen molar-refractivity contribution in [3.05, 3.63) is 29.6 Å². The van der Waals surface area contributed by atoms with Gasteiger partial charge in [0.25, 0.3) is 0 Å². The van der Waals surface area contributed by atoms with Crippen LogP contribution in [-0.2, 0) is 4.74 Å². The Morgan fingerprint density at radius 1 is 1.37 bits per heavy atom. The van der Waals surface area contributed by atoms with Gasteiger partial charge in [0.15, 0.2) is 0 Å². The maximum Gasteiger partial charge on any atom is 0.128 e. The van der Waals surface area contributed by atoms with Crippen LogP contribution in [0.5, 0.6) is 5.75 Å². The van der Waals surface area contributed by atoms with Crippen molar-refractivity contribution in [2.24, 2.45) is 0 Å². The standard InChI is InChI=1S/C15H22FNO2/c1-4-17-12-9-14(15(12)18-5-2)19-13-7-6-11(16)8-10(13)3/h6-8,12,14-15,17H,4-5,9H2,1-3H3. The Morgan fingerprint density at radius 2 is 2.16 bits per heavy atom. The van der Waals surface area contributed by atoms with E-state index in [-0.39, 0.29) is 18.0 Å². The molecular formula is C15H22FNO2. The quantitative estimate of drug-likeness (QED) is 0.859. The normalized spacial score (nSPS) is 26.0. The van der Waals surface area contributed by atoms with Gasteiger partial charge in [-0.3, -0.25) is 0 Å². The van der Waals surface area contributed by atoms with E-state index in [0.717, 1.165) is 24.3 Å². The molecule has 19 heavy (non-hydrogen) atoms. The fourth-order valence-corrected chi connectivity index (χ4v) is 2.48. The highest BCUT2D eigenvalue weighted by Gasteiger charge is 2.43. The molecule has 1 saturated carbocycles. The molecule has 1 aliphatic carbocycles. The molecule has 0 heterocycles. The Balaban J connectivity index is 1.98. The molecule has 2 rings (SSSR count). The largest absolute Gasteiger partial charge is 0.487 e. The smallest absolute Gasteiger partial charge is 0.128 e. The molecule has 1 fully saturated rings. The first-order chi connectivity index (χ1) is 9.15. The summed E-state index contributed by atoms with van der Waals surface area (Å²) in [5.74, 6) is 0.511. The molecule has 0 amide bonds. The highest BCUT2D eigenvalue weighted by atomic mass is 19.1. The van der Waals surface area contributed by atoms with Gasteiger partial charge in [-0.1, -0.05) is 6.92 Å². The molecule has 3 unspecified atom stereocenters. The molecule has 3 nitrogen and oxygen atoms in total. The first-order valence-corrected chi connectivity index (χ1v) is 6.93. The molecule has 1 aliphatic rings. The fraction of sp³-hybridized carbons (Fsp3) is 0.600. The summed E-state index contributed by atoms with van der Waals surface area (Å²) in [6.45, 7) is 7.53. The lowest BCUT2D eigenvalue weighted by Gasteiger charge is -2.44. The first-order valence-electron chi connectivity index (χ1n) is 6.93. The van der Waals surface area contributed by atoms with Crippen LogP contribution >= 0.6 is 0 Å². The molecule has 1 N–H and O–H groups in total. The summed E-state index contributed by atoms with van der Waals surface area (Å²) in [7, 11) is 0. The van der Waals surface area contributed by atoms with Crippen LogP contribution in [0.4, 0.5) is 4.39 Å². The molecule has 1 aromatic rings. The third-order valence-electron chi connectivity index (χ3n) is 3.49. The minimum Gasteiger partial charge on any atom is -0.487 e. The topological polar surface area (TPSA) is 30.5 Å². The van der Waals surface area contributed by atoms with Gasteiger partial charge in [-0.05, 0) is 44.2 Å². The van der Waals surface area contributed by atoms with E-state index in [2.05, 4.69) is 12.2 Å². The van der Waals surface area contributed by atoms with Gasteiger partial charge in [-0.15, -0.1) is 0 Å². The minimum absolute atomic E-state index is 0.0492. The van der Waals surface area contributed by atoms with E-state index in [1.165, 1.54) is 12.1 Å². The summed E-state index contributed by atoms with van der Waals surface area (Å²) in [5, 5.41) is 3.39. The summed E-state index contributed by atoms with van der Waals surface area (Å²) in [4.78, 5) is 0. The van der Waals surface area contributed by atoms with Crippen LogP contribution in [0.15, 0.2) is 18.2 Å². The molecule has 0 spiro atoms. The van der Waals surface area contributed by atoms with E-state index in [9.17, 15) is 4.39 Å². The number of hydrogen-bond donors (Lipinski definition) is 1. The number of ether oxygens (including phenoxy) is 2. The van der Waals surface area contributed by atoms with Gasteiger partial charge in [0.2, 0.25) is 0 Å². The minimum atomic E-state index is -0.231. The Kier molecular flexibility index (Phi) is 4.77. The third-order valence-corrected chi connectivity index (χ3v) is 3.49. The lowest BCUT2D eigenvalue weighted by Crippen LogP contribution is -2.61. The molecule has 3 atom stereocenters. The number of benzene rings is 1. The predicted molar refractivity (Wildman–Crippen MR) is 73.0 cm³/mol. The van der Waals surface area contributed by atoms with E-state index in [0.29, 0.717) is 12.6 Å². The molecule has 0 bridgehead atoms. The zero-order valence-corrected chi connectivity index (χ0v) is 11.8. The fourth-order valence-electron chi connectivity index (χ4n) is 2.48. The Bertz CT molecular complexity index is 425. The third kappa shape index (κ3) is 3.25. The van der Waals surface area contributed by atoms with E-state index in [1.807, 2.05) is 13.8 Å². The summed E-state index contributed by atoms with van der Waals surface area (Å²) < 4.78 is 24.7. The zero-order chi connectivity index (χ0) is 13.8. The Morgan fingerprint density at radius 3 is 2.79 bits per heavy atom. The average molecular weight is 267 g/mol. The lowest BCUT2D eigenvalue weighted by atomic mass is 9.85. The van der Waals surface area contributed by atoms with Crippen molar-refractivity contribution in [2.75, 3.05) is 13.2 Å². The number of rotatable bonds is 6. The SMILES string of the molecule is CCNC1CC(Oc2ccc(F)cc2C)C1OCC. The zero-order valence-electron chi connectivity index (χ0n) is 11.8.